The van der Waals surface area contributed by atoms with Crippen LogP contribution in [0.3, 0.4) is 0 Å². The average molecular weight is 527 g/mol. The number of anilines is 2. The first-order valence-corrected chi connectivity index (χ1v) is 12.6. The number of rotatable bonds is 13. The molecule has 0 atom stereocenters. The minimum Gasteiger partial charge on any atom is -0.487 e. The Bertz CT molecular complexity index is 1510. The van der Waals surface area contributed by atoms with Gasteiger partial charge in [-0.1, -0.05) is 47.7 Å². The Hall–Kier alpha value is -4.54. The first-order chi connectivity index (χ1) is 19.2. The molecule has 5 aromatic rings. The minimum absolute atomic E-state index is 0.381. The Morgan fingerprint density at radius 1 is 0.795 bits per heavy atom. The number of nitrogens with one attached hydrogen (secondary N) is 1. The van der Waals surface area contributed by atoms with E-state index in [1.807, 2.05) is 65.5 Å². The van der Waals surface area contributed by atoms with Crippen molar-refractivity contribution >= 4 is 22.4 Å². The van der Waals surface area contributed by atoms with Crippen LogP contribution in [0.4, 0.5) is 11.5 Å². The van der Waals surface area contributed by atoms with E-state index >= 15 is 0 Å². The molecule has 5 rings (SSSR count). The van der Waals surface area contributed by atoms with Gasteiger partial charge in [0.25, 0.3) is 0 Å². The summed E-state index contributed by atoms with van der Waals surface area (Å²) >= 11 is 0. The van der Waals surface area contributed by atoms with Crippen LogP contribution in [0.2, 0.25) is 0 Å². The smallest absolute Gasteiger partial charge is 0.163 e. The van der Waals surface area contributed by atoms with Gasteiger partial charge in [0, 0.05) is 36.9 Å². The first-order valence-electron chi connectivity index (χ1n) is 12.6. The van der Waals surface area contributed by atoms with Gasteiger partial charge in [-0.05, 0) is 23.8 Å². The number of hydrogen-bond acceptors (Lipinski definition) is 9. The quantitative estimate of drug-likeness (QED) is 0.218. The van der Waals surface area contributed by atoms with E-state index in [1.54, 1.807) is 14.2 Å². The maximum absolute atomic E-state index is 5.95. The Labute approximate surface area is 226 Å². The lowest BCUT2D eigenvalue weighted by Gasteiger charge is -2.15. The molecule has 0 radical (unpaired) electrons. The Balaban J connectivity index is 1.39. The van der Waals surface area contributed by atoms with Crippen LogP contribution in [-0.2, 0) is 16.0 Å². The van der Waals surface area contributed by atoms with Crippen LogP contribution in [0.5, 0.6) is 11.5 Å². The summed E-state index contributed by atoms with van der Waals surface area (Å²) in [7, 11) is 3.26. The highest BCUT2D eigenvalue weighted by Gasteiger charge is 2.14. The van der Waals surface area contributed by atoms with Crippen LogP contribution >= 0.6 is 0 Å². The third kappa shape index (κ3) is 6.67. The van der Waals surface area contributed by atoms with E-state index in [0.717, 1.165) is 33.4 Å². The molecule has 0 bridgehead atoms. The molecule has 2 aromatic heterocycles. The fourth-order valence-corrected chi connectivity index (χ4v) is 4.03. The van der Waals surface area contributed by atoms with Crippen molar-refractivity contribution in [3.8, 4) is 22.8 Å². The van der Waals surface area contributed by atoms with E-state index in [9.17, 15) is 0 Å². The summed E-state index contributed by atoms with van der Waals surface area (Å²) in [6, 6.07) is 21.9. The van der Waals surface area contributed by atoms with Gasteiger partial charge >= 0.3 is 0 Å². The van der Waals surface area contributed by atoms with Gasteiger partial charge in [0.1, 0.15) is 31.1 Å². The summed E-state index contributed by atoms with van der Waals surface area (Å²) in [5.41, 5.74) is 4.47. The number of ether oxygens (including phenoxy) is 4. The second kappa shape index (κ2) is 12.8. The molecule has 0 aliphatic carbocycles. The highest BCUT2D eigenvalue weighted by atomic mass is 16.5. The van der Waals surface area contributed by atoms with E-state index < -0.39 is 0 Å². The van der Waals surface area contributed by atoms with E-state index in [1.165, 1.54) is 6.33 Å². The SMILES string of the molecule is COCCOc1cc2ncnc(Nc3cccc(-c4cn(Cc5ccccc5)nn4)c3)c2cc1OCCOC. The topological polar surface area (TPSA) is 105 Å². The van der Waals surface area contributed by atoms with E-state index in [2.05, 4.69) is 37.7 Å². The van der Waals surface area contributed by atoms with Gasteiger partial charge < -0.3 is 24.3 Å². The van der Waals surface area contributed by atoms with Crippen molar-refractivity contribution in [3.05, 3.63) is 84.8 Å². The first kappa shape index (κ1) is 26.1. The molecular weight excluding hydrogens is 496 g/mol. The van der Waals surface area contributed by atoms with Crippen LogP contribution in [0, 0.1) is 0 Å². The molecule has 1 N–H and O–H groups in total. The fourth-order valence-electron chi connectivity index (χ4n) is 4.03. The van der Waals surface area contributed by atoms with Crippen molar-refractivity contribution < 1.29 is 18.9 Å². The van der Waals surface area contributed by atoms with Gasteiger partial charge in [-0.15, -0.1) is 5.10 Å². The fraction of sp³-hybridized carbons (Fsp3) is 0.241. The summed E-state index contributed by atoms with van der Waals surface area (Å²) in [6.45, 7) is 2.34. The highest BCUT2D eigenvalue weighted by molar-refractivity contribution is 5.93. The highest BCUT2D eigenvalue weighted by Crippen LogP contribution is 2.35. The summed E-state index contributed by atoms with van der Waals surface area (Å²) in [4.78, 5) is 8.95. The molecule has 0 fully saturated rings. The van der Waals surface area contributed by atoms with Gasteiger partial charge in [-0.3, -0.25) is 0 Å². The minimum atomic E-state index is 0.381. The van der Waals surface area contributed by atoms with Crippen molar-refractivity contribution in [2.45, 2.75) is 6.54 Å². The zero-order chi connectivity index (χ0) is 26.9. The van der Waals surface area contributed by atoms with Gasteiger partial charge in [-0.25, -0.2) is 14.6 Å². The maximum Gasteiger partial charge on any atom is 0.163 e. The van der Waals surface area contributed by atoms with Crippen LogP contribution in [0.25, 0.3) is 22.2 Å². The third-order valence-electron chi connectivity index (χ3n) is 5.94. The van der Waals surface area contributed by atoms with E-state index in [4.69, 9.17) is 18.9 Å². The van der Waals surface area contributed by atoms with Crippen LogP contribution in [-0.4, -0.2) is 65.6 Å². The monoisotopic (exact) mass is 526 g/mol. The van der Waals surface area contributed by atoms with Gasteiger partial charge in [0.05, 0.1) is 31.5 Å². The van der Waals surface area contributed by atoms with Crippen LogP contribution in [0.1, 0.15) is 5.56 Å². The number of fused-ring (bicyclic) bond motifs is 1. The summed E-state index contributed by atoms with van der Waals surface area (Å²) in [5.74, 6) is 1.81. The van der Waals surface area contributed by atoms with Crippen molar-refractivity contribution in [1.29, 1.82) is 0 Å². The van der Waals surface area contributed by atoms with Gasteiger partial charge in [0.2, 0.25) is 0 Å². The zero-order valence-electron chi connectivity index (χ0n) is 21.9. The molecule has 0 saturated carbocycles. The Morgan fingerprint density at radius 3 is 2.33 bits per heavy atom. The molecule has 0 spiro atoms. The lowest BCUT2D eigenvalue weighted by Crippen LogP contribution is -2.09. The van der Waals surface area contributed by atoms with Crippen molar-refractivity contribution in [3.63, 3.8) is 0 Å². The summed E-state index contributed by atoms with van der Waals surface area (Å²) < 4.78 is 23.9. The van der Waals surface area contributed by atoms with Crippen molar-refractivity contribution in [1.82, 2.24) is 25.0 Å². The Kier molecular flexibility index (Phi) is 8.57. The van der Waals surface area contributed by atoms with Gasteiger partial charge in [-0.2, -0.15) is 0 Å². The second-order valence-electron chi connectivity index (χ2n) is 8.71. The Morgan fingerprint density at radius 2 is 1.56 bits per heavy atom. The van der Waals surface area contributed by atoms with Crippen LogP contribution < -0.4 is 14.8 Å². The molecule has 10 nitrogen and oxygen atoms in total. The van der Waals surface area contributed by atoms with E-state index in [0.29, 0.717) is 50.3 Å². The second-order valence-corrected chi connectivity index (χ2v) is 8.71. The summed E-state index contributed by atoms with van der Waals surface area (Å²) in [6.07, 6.45) is 3.47. The molecule has 3 aromatic carbocycles. The lowest BCUT2D eigenvalue weighted by molar-refractivity contribution is 0.132. The molecule has 2 heterocycles. The molecule has 10 heteroatoms. The van der Waals surface area contributed by atoms with E-state index in [-0.39, 0.29) is 0 Å². The van der Waals surface area contributed by atoms with Crippen molar-refractivity contribution in [2.75, 3.05) is 46.0 Å². The molecule has 0 aliphatic heterocycles. The number of benzene rings is 3. The predicted octanol–water partition coefficient (Wildman–Crippen LogP) is 4.73. The number of methoxy groups -OCH3 is 2. The molecule has 39 heavy (non-hydrogen) atoms. The number of hydrogen-bond donors (Lipinski definition) is 1. The third-order valence-corrected chi connectivity index (χ3v) is 5.94. The molecule has 0 saturated heterocycles. The number of nitrogens with zero attached hydrogens (tertiary/aromatic N) is 5. The zero-order valence-corrected chi connectivity index (χ0v) is 21.9. The lowest BCUT2D eigenvalue weighted by atomic mass is 10.1. The molecule has 200 valence electrons. The molecule has 0 aliphatic rings. The molecule has 0 amide bonds. The number of aromatic nitrogens is 5. The van der Waals surface area contributed by atoms with Crippen LogP contribution in [0.15, 0.2) is 79.3 Å². The summed E-state index contributed by atoms with van der Waals surface area (Å²) in [5, 5.41) is 12.9. The molecular formula is C29H30N6O4. The molecule has 0 unspecified atom stereocenters. The predicted molar refractivity (Wildman–Crippen MR) is 149 cm³/mol. The van der Waals surface area contributed by atoms with Gasteiger partial charge in [0.15, 0.2) is 11.5 Å². The van der Waals surface area contributed by atoms with Crippen molar-refractivity contribution in [2.24, 2.45) is 0 Å². The standard InChI is InChI=1S/C29H30N6O4/c1-36-11-13-38-27-16-24-25(17-28(27)39-14-12-37-2)30-20-31-29(24)32-23-10-6-9-22(15-23)26-19-35(34-33-26)18-21-7-4-3-5-8-21/h3-10,15-17,19-20H,11-14,18H2,1-2H3,(H,30,31,32). The normalized spacial score (nSPS) is 11.0. The largest absolute Gasteiger partial charge is 0.487 e. The maximum atomic E-state index is 5.95. The average Bonchev–Trinajstić information content (AvgIpc) is 3.43.